The van der Waals surface area contributed by atoms with E-state index in [1.807, 2.05) is 6.07 Å². The zero-order valence-electron chi connectivity index (χ0n) is 12.9. The van der Waals surface area contributed by atoms with Gasteiger partial charge >= 0.3 is 5.97 Å². The summed E-state index contributed by atoms with van der Waals surface area (Å²) >= 11 is 1.56. The summed E-state index contributed by atoms with van der Waals surface area (Å²) in [6.45, 7) is 4.19. The van der Waals surface area contributed by atoms with Crippen molar-refractivity contribution in [2.45, 2.75) is 20.3 Å². The van der Waals surface area contributed by atoms with Gasteiger partial charge in [-0.05, 0) is 43.2 Å². The Kier molecular flexibility index (Phi) is 4.47. The average molecular weight is 328 g/mol. The number of hydrogen-bond acceptors (Lipinski definition) is 7. The molecule has 0 atom stereocenters. The maximum atomic E-state index is 11.5. The number of fused-ring (bicyclic) bond motifs is 1. The molecule has 0 fully saturated rings. The minimum atomic E-state index is -0.473. The fraction of sp³-hybridized carbons (Fsp3) is 0.250. The molecule has 118 valence electrons. The van der Waals surface area contributed by atoms with E-state index < -0.39 is 5.97 Å². The third-order valence-corrected chi connectivity index (χ3v) is 4.18. The van der Waals surface area contributed by atoms with Gasteiger partial charge in [-0.15, -0.1) is 10.2 Å². The van der Waals surface area contributed by atoms with Crippen LogP contribution in [0.3, 0.4) is 0 Å². The minimum Gasteiger partial charge on any atom is -0.461 e. The first kappa shape index (κ1) is 15.4. The summed E-state index contributed by atoms with van der Waals surface area (Å²) < 4.78 is 6.00. The molecular formula is C16H16N4O2S. The number of aromatic nitrogens is 3. The lowest BCUT2D eigenvalue weighted by Gasteiger charge is -2.02. The predicted octanol–water partition coefficient (Wildman–Crippen LogP) is 3.57. The Hall–Kier alpha value is -2.54. The first-order valence-electron chi connectivity index (χ1n) is 7.37. The second-order valence-corrected chi connectivity index (χ2v) is 5.85. The summed E-state index contributed by atoms with van der Waals surface area (Å²) in [4.78, 5) is 16.1. The third kappa shape index (κ3) is 3.45. The molecule has 1 aromatic carbocycles. The monoisotopic (exact) mass is 328 g/mol. The molecule has 7 heteroatoms. The first-order chi connectivity index (χ1) is 11.2. The highest BCUT2D eigenvalue weighted by atomic mass is 32.1. The molecule has 0 saturated carbocycles. The van der Waals surface area contributed by atoms with E-state index in [0.717, 1.165) is 21.8 Å². The number of esters is 1. The molecule has 0 aliphatic carbocycles. The molecule has 3 aromatic rings. The van der Waals surface area contributed by atoms with Gasteiger partial charge in [0.15, 0.2) is 16.6 Å². The van der Waals surface area contributed by atoms with Crippen molar-refractivity contribution in [2.24, 2.45) is 0 Å². The normalized spacial score (nSPS) is 10.7. The Labute approximate surface area is 137 Å². The smallest absolute Gasteiger partial charge is 0.358 e. The Bertz CT molecular complexity index is 830. The van der Waals surface area contributed by atoms with E-state index in [1.165, 1.54) is 5.56 Å². The van der Waals surface area contributed by atoms with Crippen molar-refractivity contribution in [1.82, 2.24) is 15.2 Å². The van der Waals surface area contributed by atoms with Crippen LogP contribution in [0.1, 0.15) is 29.9 Å². The van der Waals surface area contributed by atoms with Gasteiger partial charge in [0, 0.05) is 0 Å². The summed E-state index contributed by atoms with van der Waals surface area (Å²) in [5.41, 5.74) is 2.42. The standard InChI is InChI=1S/C16H16N4O2S/c1-3-10-5-6-11-13(9-10)23-16(17-11)18-14-8-7-12(19-20-14)15(21)22-4-2/h5-9H,3-4H2,1-2H3,(H,17,18,20). The number of aryl methyl sites for hydroxylation is 1. The quantitative estimate of drug-likeness (QED) is 0.722. The predicted molar refractivity (Wildman–Crippen MR) is 90.3 cm³/mol. The topological polar surface area (TPSA) is 77.0 Å². The van der Waals surface area contributed by atoms with Gasteiger partial charge in [0.05, 0.1) is 16.8 Å². The molecule has 23 heavy (non-hydrogen) atoms. The molecule has 2 aromatic heterocycles. The van der Waals surface area contributed by atoms with Gasteiger partial charge in [0.1, 0.15) is 0 Å². The molecule has 2 heterocycles. The fourth-order valence-electron chi connectivity index (χ4n) is 2.06. The van der Waals surface area contributed by atoms with Gasteiger partial charge < -0.3 is 10.1 Å². The van der Waals surface area contributed by atoms with Crippen molar-refractivity contribution < 1.29 is 9.53 Å². The minimum absolute atomic E-state index is 0.189. The van der Waals surface area contributed by atoms with E-state index in [4.69, 9.17) is 4.74 Å². The van der Waals surface area contributed by atoms with Gasteiger partial charge in [0.2, 0.25) is 0 Å². The van der Waals surface area contributed by atoms with E-state index in [-0.39, 0.29) is 5.69 Å². The highest BCUT2D eigenvalue weighted by molar-refractivity contribution is 7.22. The Balaban J connectivity index is 1.77. The maximum absolute atomic E-state index is 11.5. The molecule has 0 aliphatic rings. The van der Waals surface area contributed by atoms with Crippen LogP contribution in [0.25, 0.3) is 10.2 Å². The molecule has 0 saturated heterocycles. The molecule has 0 amide bonds. The molecular weight excluding hydrogens is 312 g/mol. The summed E-state index contributed by atoms with van der Waals surface area (Å²) in [5.74, 6) is 0.0615. The third-order valence-electron chi connectivity index (χ3n) is 3.25. The Morgan fingerprint density at radius 2 is 2.09 bits per heavy atom. The zero-order valence-corrected chi connectivity index (χ0v) is 13.7. The second-order valence-electron chi connectivity index (χ2n) is 4.82. The van der Waals surface area contributed by atoms with Crippen molar-refractivity contribution in [1.29, 1.82) is 0 Å². The van der Waals surface area contributed by atoms with Crippen molar-refractivity contribution in [3.8, 4) is 0 Å². The van der Waals surface area contributed by atoms with Crippen LogP contribution in [0.4, 0.5) is 10.9 Å². The number of benzene rings is 1. The summed E-state index contributed by atoms with van der Waals surface area (Å²) in [5, 5.41) is 11.7. The Morgan fingerprint density at radius 1 is 1.22 bits per heavy atom. The number of ether oxygens (including phenoxy) is 1. The molecule has 3 rings (SSSR count). The van der Waals surface area contributed by atoms with Gasteiger partial charge in [-0.3, -0.25) is 0 Å². The molecule has 6 nitrogen and oxygen atoms in total. The van der Waals surface area contributed by atoms with Crippen molar-refractivity contribution in [3.63, 3.8) is 0 Å². The molecule has 0 spiro atoms. The van der Waals surface area contributed by atoms with E-state index >= 15 is 0 Å². The van der Waals surface area contributed by atoms with Crippen LogP contribution in [0, 0.1) is 0 Å². The number of rotatable bonds is 5. The van der Waals surface area contributed by atoms with Crippen LogP contribution < -0.4 is 5.32 Å². The number of anilines is 2. The summed E-state index contributed by atoms with van der Waals surface area (Å²) in [6, 6.07) is 9.51. The molecule has 0 radical (unpaired) electrons. The number of nitrogens with zero attached hydrogens (tertiary/aromatic N) is 3. The lowest BCUT2D eigenvalue weighted by molar-refractivity contribution is 0.0518. The lowest BCUT2D eigenvalue weighted by Crippen LogP contribution is -2.08. The van der Waals surface area contributed by atoms with Crippen LogP contribution in [0.2, 0.25) is 0 Å². The van der Waals surface area contributed by atoms with Gasteiger partial charge in [-0.2, -0.15) is 0 Å². The molecule has 0 bridgehead atoms. The summed E-state index contributed by atoms with van der Waals surface area (Å²) in [6.07, 6.45) is 0.997. The fourth-order valence-corrected chi connectivity index (χ4v) is 3.00. The Morgan fingerprint density at radius 3 is 2.78 bits per heavy atom. The molecule has 1 N–H and O–H groups in total. The van der Waals surface area contributed by atoms with E-state index in [2.05, 4.69) is 39.6 Å². The lowest BCUT2D eigenvalue weighted by atomic mass is 10.2. The number of carbonyl (C=O) groups excluding carboxylic acids is 1. The second kappa shape index (κ2) is 6.70. The highest BCUT2D eigenvalue weighted by Gasteiger charge is 2.10. The molecule has 0 unspecified atom stereocenters. The van der Waals surface area contributed by atoms with E-state index in [9.17, 15) is 4.79 Å². The number of thiazole rings is 1. The first-order valence-corrected chi connectivity index (χ1v) is 8.18. The molecule has 0 aliphatic heterocycles. The van der Waals surface area contributed by atoms with Crippen molar-refractivity contribution in [3.05, 3.63) is 41.6 Å². The van der Waals surface area contributed by atoms with Gasteiger partial charge in [-0.1, -0.05) is 24.3 Å². The van der Waals surface area contributed by atoms with Crippen molar-refractivity contribution >= 4 is 38.5 Å². The SMILES string of the molecule is CCOC(=O)c1ccc(Nc2nc3ccc(CC)cc3s2)nn1. The highest BCUT2D eigenvalue weighted by Crippen LogP contribution is 2.28. The number of hydrogen-bond donors (Lipinski definition) is 1. The van der Waals surface area contributed by atoms with Crippen LogP contribution in [-0.4, -0.2) is 27.8 Å². The van der Waals surface area contributed by atoms with Gasteiger partial charge in [-0.25, -0.2) is 9.78 Å². The van der Waals surface area contributed by atoms with Crippen LogP contribution in [0.15, 0.2) is 30.3 Å². The van der Waals surface area contributed by atoms with Crippen LogP contribution >= 0.6 is 11.3 Å². The van der Waals surface area contributed by atoms with Crippen molar-refractivity contribution in [2.75, 3.05) is 11.9 Å². The number of carbonyl (C=O) groups is 1. The maximum Gasteiger partial charge on any atom is 0.358 e. The van der Waals surface area contributed by atoms with Gasteiger partial charge in [0.25, 0.3) is 0 Å². The average Bonchev–Trinajstić information content (AvgIpc) is 2.96. The van der Waals surface area contributed by atoms with E-state index in [1.54, 1.807) is 30.4 Å². The van der Waals surface area contributed by atoms with Crippen LogP contribution in [0.5, 0.6) is 0 Å². The van der Waals surface area contributed by atoms with Crippen LogP contribution in [-0.2, 0) is 11.2 Å². The largest absolute Gasteiger partial charge is 0.461 e. The zero-order chi connectivity index (χ0) is 16.2. The van der Waals surface area contributed by atoms with E-state index in [0.29, 0.717) is 12.4 Å². The number of nitrogens with one attached hydrogen (secondary N) is 1. The summed E-state index contributed by atoms with van der Waals surface area (Å²) in [7, 11) is 0.